The summed E-state index contributed by atoms with van der Waals surface area (Å²) < 4.78 is 0. The average molecular weight is 288 g/mol. The van der Waals surface area contributed by atoms with Gasteiger partial charge in [0.05, 0.1) is 13.0 Å². The third-order valence-corrected chi connectivity index (χ3v) is 4.02. The minimum atomic E-state index is 0.138. The van der Waals surface area contributed by atoms with E-state index in [2.05, 4.69) is 6.07 Å². The summed E-state index contributed by atoms with van der Waals surface area (Å²) in [6.07, 6.45) is 0.397. The smallest absolute Gasteiger partial charge is 0.227 e. The van der Waals surface area contributed by atoms with Gasteiger partial charge in [0, 0.05) is 16.6 Å². The molecule has 0 saturated heterocycles. The fourth-order valence-corrected chi connectivity index (χ4v) is 2.81. The van der Waals surface area contributed by atoms with Crippen LogP contribution in [0.3, 0.4) is 0 Å². The van der Waals surface area contributed by atoms with Gasteiger partial charge in [0.15, 0.2) is 0 Å². The van der Waals surface area contributed by atoms with Gasteiger partial charge in [-0.3, -0.25) is 4.79 Å². The van der Waals surface area contributed by atoms with Crippen LogP contribution in [0.2, 0.25) is 0 Å². The lowest BCUT2D eigenvalue weighted by Gasteiger charge is -2.26. The first-order chi connectivity index (χ1) is 9.56. The van der Waals surface area contributed by atoms with E-state index in [1.165, 1.54) is 4.88 Å². The van der Waals surface area contributed by atoms with Crippen molar-refractivity contribution in [3.05, 3.63) is 52.2 Å². The second kappa shape index (κ2) is 6.57. The van der Waals surface area contributed by atoms with Gasteiger partial charge in [-0.15, -0.1) is 11.3 Å². The molecular weight excluding hydrogens is 268 g/mol. The summed E-state index contributed by atoms with van der Waals surface area (Å²) in [7, 11) is 0. The van der Waals surface area contributed by atoms with Crippen LogP contribution in [0.25, 0.3) is 0 Å². The maximum absolute atomic E-state index is 12.5. The molecular formula is C16H20N2OS. The molecule has 0 spiro atoms. The highest BCUT2D eigenvalue weighted by molar-refractivity contribution is 7.09. The van der Waals surface area contributed by atoms with Crippen molar-refractivity contribution in [1.29, 1.82) is 0 Å². The average Bonchev–Trinajstić information content (AvgIpc) is 2.88. The molecule has 4 heteroatoms. The van der Waals surface area contributed by atoms with Crippen molar-refractivity contribution >= 4 is 22.9 Å². The minimum Gasteiger partial charge on any atom is -0.399 e. The Morgan fingerprint density at radius 2 is 2.10 bits per heavy atom. The Balaban J connectivity index is 2.07. The molecule has 2 aromatic rings. The number of nitrogens with zero attached hydrogens (tertiary/aromatic N) is 1. The molecule has 0 fully saturated rings. The van der Waals surface area contributed by atoms with Gasteiger partial charge in [0.1, 0.15) is 0 Å². The molecule has 0 aliphatic heterocycles. The molecule has 1 aromatic heterocycles. The molecule has 106 valence electrons. The van der Waals surface area contributed by atoms with Crippen LogP contribution < -0.4 is 5.73 Å². The fourth-order valence-electron chi connectivity index (χ4n) is 2.11. The van der Waals surface area contributed by atoms with Crippen LogP contribution in [-0.4, -0.2) is 16.8 Å². The van der Waals surface area contributed by atoms with Crippen LogP contribution in [0, 0.1) is 0 Å². The Hall–Kier alpha value is -1.81. The lowest BCUT2D eigenvalue weighted by atomic mass is 10.1. The summed E-state index contributed by atoms with van der Waals surface area (Å²) in [5.74, 6) is 0.138. The molecule has 0 aliphatic rings. The van der Waals surface area contributed by atoms with E-state index in [4.69, 9.17) is 5.73 Å². The van der Waals surface area contributed by atoms with Crippen LogP contribution in [0.15, 0.2) is 41.8 Å². The normalized spacial score (nSPS) is 10.8. The molecule has 3 nitrogen and oxygen atoms in total. The van der Waals surface area contributed by atoms with E-state index in [9.17, 15) is 4.79 Å². The summed E-state index contributed by atoms with van der Waals surface area (Å²) in [4.78, 5) is 15.6. The zero-order valence-corrected chi connectivity index (χ0v) is 12.7. The number of nitrogen functional groups attached to an aromatic ring is 1. The summed E-state index contributed by atoms with van der Waals surface area (Å²) in [5, 5.41) is 2.04. The monoisotopic (exact) mass is 288 g/mol. The number of hydrogen-bond donors (Lipinski definition) is 1. The molecule has 0 radical (unpaired) electrons. The molecule has 0 unspecified atom stereocenters. The van der Waals surface area contributed by atoms with Crippen molar-refractivity contribution in [2.24, 2.45) is 0 Å². The van der Waals surface area contributed by atoms with Crippen molar-refractivity contribution in [3.63, 3.8) is 0 Å². The molecule has 2 rings (SSSR count). The predicted molar refractivity (Wildman–Crippen MR) is 84.6 cm³/mol. The Kier molecular flexibility index (Phi) is 4.79. The van der Waals surface area contributed by atoms with Gasteiger partial charge in [0.25, 0.3) is 0 Å². The highest BCUT2D eigenvalue weighted by atomic mass is 32.1. The van der Waals surface area contributed by atoms with Gasteiger partial charge in [-0.1, -0.05) is 18.2 Å². The zero-order chi connectivity index (χ0) is 14.5. The molecule has 0 aliphatic carbocycles. The number of nitrogens with two attached hydrogens (primary N) is 1. The second-order valence-electron chi connectivity index (χ2n) is 5.12. The highest BCUT2D eigenvalue weighted by Crippen LogP contribution is 2.16. The lowest BCUT2D eigenvalue weighted by Crippen LogP contribution is -2.37. The molecule has 0 atom stereocenters. The third-order valence-electron chi connectivity index (χ3n) is 3.16. The summed E-state index contributed by atoms with van der Waals surface area (Å²) in [5.41, 5.74) is 7.42. The summed E-state index contributed by atoms with van der Waals surface area (Å²) >= 11 is 1.68. The molecule has 1 aromatic carbocycles. The van der Waals surface area contributed by atoms with E-state index in [1.807, 2.05) is 54.5 Å². The number of anilines is 1. The zero-order valence-electron chi connectivity index (χ0n) is 11.9. The number of carbonyl (C=O) groups excluding carboxylic acids is 1. The SMILES string of the molecule is CC(C)N(Cc1cccs1)C(=O)Cc1cccc(N)c1. The van der Waals surface area contributed by atoms with Crippen LogP contribution in [0.5, 0.6) is 0 Å². The Bertz CT molecular complexity index is 564. The van der Waals surface area contributed by atoms with Gasteiger partial charge >= 0.3 is 0 Å². The molecule has 0 bridgehead atoms. The van der Waals surface area contributed by atoms with E-state index in [0.717, 1.165) is 5.56 Å². The first kappa shape index (κ1) is 14.6. The Labute approximate surface area is 124 Å². The van der Waals surface area contributed by atoms with Gasteiger partial charge in [-0.2, -0.15) is 0 Å². The molecule has 20 heavy (non-hydrogen) atoms. The van der Waals surface area contributed by atoms with Gasteiger partial charge in [0.2, 0.25) is 5.91 Å². The minimum absolute atomic E-state index is 0.138. The maximum atomic E-state index is 12.5. The van der Waals surface area contributed by atoms with Crippen LogP contribution in [-0.2, 0) is 17.8 Å². The number of rotatable bonds is 5. The predicted octanol–water partition coefficient (Wildman–Crippen LogP) is 3.31. The van der Waals surface area contributed by atoms with E-state index in [1.54, 1.807) is 11.3 Å². The quantitative estimate of drug-likeness (QED) is 0.858. The third kappa shape index (κ3) is 3.84. The second-order valence-corrected chi connectivity index (χ2v) is 6.15. The summed E-state index contributed by atoms with van der Waals surface area (Å²) in [6.45, 7) is 4.77. The van der Waals surface area contributed by atoms with Crippen molar-refractivity contribution in [2.45, 2.75) is 32.9 Å². The first-order valence-electron chi connectivity index (χ1n) is 6.72. The number of carbonyl (C=O) groups is 1. The molecule has 1 amide bonds. The lowest BCUT2D eigenvalue weighted by molar-refractivity contribution is -0.132. The first-order valence-corrected chi connectivity index (χ1v) is 7.60. The van der Waals surface area contributed by atoms with Gasteiger partial charge in [-0.25, -0.2) is 0 Å². The van der Waals surface area contributed by atoms with E-state index < -0.39 is 0 Å². The van der Waals surface area contributed by atoms with Crippen LogP contribution in [0.1, 0.15) is 24.3 Å². The number of thiophene rings is 1. The van der Waals surface area contributed by atoms with Crippen LogP contribution in [0.4, 0.5) is 5.69 Å². The van der Waals surface area contributed by atoms with Gasteiger partial charge < -0.3 is 10.6 Å². The van der Waals surface area contributed by atoms with E-state index in [-0.39, 0.29) is 11.9 Å². The number of hydrogen-bond acceptors (Lipinski definition) is 3. The highest BCUT2D eigenvalue weighted by Gasteiger charge is 2.18. The van der Waals surface area contributed by atoms with Crippen molar-refractivity contribution in [3.8, 4) is 0 Å². The fraction of sp³-hybridized carbons (Fsp3) is 0.312. The van der Waals surface area contributed by atoms with Gasteiger partial charge in [-0.05, 0) is 43.0 Å². The maximum Gasteiger partial charge on any atom is 0.227 e. The van der Waals surface area contributed by atoms with Crippen LogP contribution >= 0.6 is 11.3 Å². The standard InChI is InChI=1S/C16H20N2OS/c1-12(2)18(11-15-7-4-8-20-15)16(19)10-13-5-3-6-14(17)9-13/h3-9,12H,10-11,17H2,1-2H3. The molecule has 1 heterocycles. The van der Waals surface area contributed by atoms with E-state index in [0.29, 0.717) is 18.7 Å². The topological polar surface area (TPSA) is 46.3 Å². The van der Waals surface area contributed by atoms with Crippen molar-refractivity contribution in [2.75, 3.05) is 5.73 Å². The van der Waals surface area contributed by atoms with Crippen molar-refractivity contribution < 1.29 is 4.79 Å². The number of benzene rings is 1. The molecule has 0 saturated carbocycles. The van der Waals surface area contributed by atoms with Crippen molar-refractivity contribution in [1.82, 2.24) is 4.90 Å². The Morgan fingerprint density at radius 1 is 1.30 bits per heavy atom. The largest absolute Gasteiger partial charge is 0.399 e. The Morgan fingerprint density at radius 3 is 2.70 bits per heavy atom. The summed E-state index contributed by atoms with van der Waals surface area (Å²) in [6, 6.07) is 11.8. The van der Waals surface area contributed by atoms with E-state index >= 15 is 0 Å². The number of amides is 1. The molecule has 2 N–H and O–H groups in total.